The number of nitrogens with zero attached hydrogens (tertiary/aromatic N) is 2. The van der Waals surface area contributed by atoms with Crippen molar-refractivity contribution in [2.75, 3.05) is 6.54 Å². The van der Waals surface area contributed by atoms with E-state index in [1.807, 2.05) is 35.2 Å². The number of aliphatic carboxylic acids is 1. The van der Waals surface area contributed by atoms with Crippen molar-refractivity contribution in [2.24, 2.45) is 5.92 Å². The zero-order valence-electron chi connectivity index (χ0n) is 24.9. The summed E-state index contributed by atoms with van der Waals surface area (Å²) in [6, 6.07) is 22.2. The highest BCUT2D eigenvalue weighted by molar-refractivity contribution is 5.94. The van der Waals surface area contributed by atoms with Crippen molar-refractivity contribution in [3.63, 3.8) is 0 Å². The van der Waals surface area contributed by atoms with Crippen LogP contribution in [0, 0.1) is 5.92 Å². The molecule has 4 N–H and O–H groups in total. The lowest BCUT2D eigenvalue weighted by Gasteiger charge is -2.29. The van der Waals surface area contributed by atoms with Crippen LogP contribution in [-0.2, 0) is 34.0 Å². The number of alkyl carbamates (subject to hydrolysis) is 1. The van der Waals surface area contributed by atoms with Gasteiger partial charge in [0.15, 0.2) is 0 Å². The van der Waals surface area contributed by atoms with Gasteiger partial charge in [-0.1, -0.05) is 73.9 Å². The Labute approximate surface area is 261 Å². The smallest absolute Gasteiger partial charge is 0.408 e. The van der Waals surface area contributed by atoms with E-state index < -0.39 is 24.0 Å². The zero-order valence-corrected chi connectivity index (χ0v) is 24.9. The molecule has 3 aromatic carbocycles. The number of H-pyrrole nitrogens is 1. The number of fused-ring (bicyclic) bond motifs is 1. The number of benzene rings is 3. The topological polar surface area (TPSA) is 154 Å². The van der Waals surface area contributed by atoms with E-state index in [1.165, 1.54) is 0 Å². The molecule has 1 unspecified atom stereocenters. The summed E-state index contributed by atoms with van der Waals surface area (Å²) in [5.41, 5.74) is 3.68. The highest BCUT2D eigenvalue weighted by Crippen LogP contribution is 2.27. The first kappa shape index (κ1) is 31.2. The van der Waals surface area contributed by atoms with Crippen LogP contribution in [-0.4, -0.2) is 56.4 Å². The average molecular weight is 612 g/mol. The van der Waals surface area contributed by atoms with Gasteiger partial charge >= 0.3 is 12.1 Å². The summed E-state index contributed by atoms with van der Waals surface area (Å²) in [7, 11) is 0. The molecule has 1 saturated carbocycles. The van der Waals surface area contributed by atoms with Crippen molar-refractivity contribution in [2.45, 2.75) is 57.8 Å². The van der Waals surface area contributed by atoms with Crippen LogP contribution < -0.4 is 10.6 Å². The van der Waals surface area contributed by atoms with Crippen molar-refractivity contribution in [3.05, 3.63) is 101 Å². The van der Waals surface area contributed by atoms with Crippen molar-refractivity contribution in [1.29, 1.82) is 0 Å². The number of carbonyl (C=O) groups excluding carboxylic acids is 3. The van der Waals surface area contributed by atoms with E-state index in [9.17, 15) is 24.3 Å². The van der Waals surface area contributed by atoms with Gasteiger partial charge in [-0.15, -0.1) is 0 Å². The zero-order chi connectivity index (χ0) is 31.6. The molecule has 0 bridgehead atoms. The lowest BCUT2D eigenvalue weighted by molar-refractivity contribution is -0.139. The third-order valence-electron chi connectivity index (χ3n) is 7.90. The van der Waals surface area contributed by atoms with Crippen molar-refractivity contribution in [3.8, 4) is 0 Å². The fourth-order valence-electron chi connectivity index (χ4n) is 5.47. The molecule has 1 aliphatic carbocycles. The van der Waals surface area contributed by atoms with Crippen LogP contribution in [0.5, 0.6) is 0 Å². The number of carboxylic acids is 1. The summed E-state index contributed by atoms with van der Waals surface area (Å²) in [6.45, 7) is 0.338. The Morgan fingerprint density at radius 1 is 0.889 bits per heavy atom. The van der Waals surface area contributed by atoms with Gasteiger partial charge in [0.2, 0.25) is 5.91 Å². The highest BCUT2D eigenvalue weighted by Gasteiger charge is 2.27. The third kappa shape index (κ3) is 8.69. The van der Waals surface area contributed by atoms with Gasteiger partial charge in [0.05, 0.1) is 17.6 Å². The molecule has 1 aliphatic rings. The maximum Gasteiger partial charge on any atom is 0.408 e. The van der Waals surface area contributed by atoms with E-state index in [0.29, 0.717) is 24.5 Å². The Bertz CT molecular complexity index is 1580. The number of rotatable bonds is 12. The van der Waals surface area contributed by atoms with E-state index >= 15 is 0 Å². The third-order valence-corrected chi connectivity index (χ3v) is 7.90. The largest absolute Gasteiger partial charge is 0.480 e. The minimum atomic E-state index is -1.38. The van der Waals surface area contributed by atoms with Crippen LogP contribution in [0.4, 0.5) is 4.79 Å². The van der Waals surface area contributed by atoms with E-state index in [1.54, 1.807) is 48.5 Å². The van der Waals surface area contributed by atoms with Gasteiger partial charge in [-0.2, -0.15) is 0 Å². The number of para-hydroxylation sites is 2. The summed E-state index contributed by atoms with van der Waals surface area (Å²) in [5.74, 6) is -1.01. The summed E-state index contributed by atoms with van der Waals surface area (Å²) >= 11 is 0. The number of aromatic amines is 1. The van der Waals surface area contributed by atoms with Crippen LogP contribution >= 0.6 is 0 Å². The molecular formula is C34H37N5O6. The molecule has 1 aromatic heterocycles. The second kappa shape index (κ2) is 15.0. The number of hydrogen-bond acceptors (Lipinski definition) is 6. The highest BCUT2D eigenvalue weighted by atomic mass is 16.5. The number of hydrogen-bond donors (Lipinski definition) is 4. The molecule has 4 aromatic rings. The van der Waals surface area contributed by atoms with Gasteiger partial charge in [-0.3, -0.25) is 9.59 Å². The number of amides is 3. The molecule has 0 aliphatic heterocycles. The van der Waals surface area contributed by atoms with Gasteiger partial charge in [0.25, 0.3) is 5.91 Å². The van der Waals surface area contributed by atoms with E-state index in [2.05, 4.69) is 20.6 Å². The quantitative estimate of drug-likeness (QED) is 0.180. The fraction of sp³-hybridized carbons (Fsp3) is 0.324. The number of carboxylic acid groups (broad SMARTS) is 1. The number of aromatic nitrogens is 2. The lowest BCUT2D eigenvalue weighted by atomic mass is 9.88. The Hall–Kier alpha value is -5.19. The Balaban J connectivity index is 1.18. The van der Waals surface area contributed by atoms with E-state index in [-0.39, 0.29) is 25.0 Å². The molecule has 234 valence electrons. The van der Waals surface area contributed by atoms with E-state index in [4.69, 9.17) is 4.74 Å². The van der Waals surface area contributed by atoms with Gasteiger partial charge in [0, 0.05) is 24.6 Å². The molecule has 11 nitrogen and oxygen atoms in total. The van der Waals surface area contributed by atoms with Crippen LogP contribution in [0.25, 0.3) is 11.0 Å². The van der Waals surface area contributed by atoms with E-state index in [0.717, 1.165) is 54.3 Å². The number of ether oxygens (including phenoxy) is 1. The van der Waals surface area contributed by atoms with Crippen molar-refractivity contribution in [1.82, 2.24) is 25.5 Å². The summed E-state index contributed by atoms with van der Waals surface area (Å²) in [4.78, 5) is 60.1. The van der Waals surface area contributed by atoms with Crippen molar-refractivity contribution < 1.29 is 29.0 Å². The molecular weight excluding hydrogens is 574 g/mol. The van der Waals surface area contributed by atoms with Gasteiger partial charge in [-0.25, -0.2) is 14.6 Å². The standard InChI is InChI=1S/C34H37N5O6/c40-31(35-19-29(33(42)43)38-34(44)45-22-24-9-3-1-4-10-24)25-17-15-23(16-18-25)20-39(32(41)26-11-5-2-6-12-26)21-30-36-27-13-7-8-14-28(27)37-30/h1,3-4,7-10,13-18,26,29H,2,5-6,11-12,19-22H2,(H,35,40)(H,36,37)(H,38,44)(H,42,43). The molecule has 0 spiro atoms. The predicted molar refractivity (Wildman–Crippen MR) is 167 cm³/mol. The van der Waals surface area contributed by atoms with Crippen LogP contribution in [0.3, 0.4) is 0 Å². The van der Waals surface area contributed by atoms with Crippen LogP contribution in [0.15, 0.2) is 78.9 Å². The molecule has 1 fully saturated rings. The van der Waals surface area contributed by atoms with Gasteiger partial charge < -0.3 is 30.4 Å². The minimum absolute atomic E-state index is 0.0142. The van der Waals surface area contributed by atoms with Crippen LogP contribution in [0.2, 0.25) is 0 Å². The number of imidazole rings is 1. The summed E-state index contributed by atoms with van der Waals surface area (Å²) in [5, 5.41) is 14.4. The SMILES string of the molecule is O=C(NC(CNC(=O)c1ccc(CN(Cc2nc3ccccc3[nH]2)C(=O)C2CCCCC2)cc1)C(=O)O)OCc1ccccc1. The molecule has 45 heavy (non-hydrogen) atoms. The first-order valence-corrected chi connectivity index (χ1v) is 15.2. The second-order valence-corrected chi connectivity index (χ2v) is 11.2. The predicted octanol–water partition coefficient (Wildman–Crippen LogP) is 4.78. The number of nitrogens with one attached hydrogen (secondary N) is 3. The first-order chi connectivity index (χ1) is 21.9. The lowest BCUT2D eigenvalue weighted by Crippen LogP contribution is -2.48. The molecule has 11 heteroatoms. The Kier molecular flexibility index (Phi) is 10.4. The molecule has 3 amide bonds. The molecule has 0 saturated heterocycles. The Morgan fingerprint density at radius 3 is 2.31 bits per heavy atom. The average Bonchev–Trinajstić information content (AvgIpc) is 3.48. The molecule has 0 radical (unpaired) electrons. The number of carbonyl (C=O) groups is 4. The molecule has 1 heterocycles. The normalized spacial score (nSPS) is 14.0. The first-order valence-electron chi connectivity index (χ1n) is 15.2. The summed E-state index contributed by atoms with van der Waals surface area (Å²) in [6.07, 6.45) is 4.10. The fourth-order valence-corrected chi connectivity index (χ4v) is 5.47. The van der Waals surface area contributed by atoms with Crippen LogP contribution in [0.1, 0.15) is 59.4 Å². The second-order valence-electron chi connectivity index (χ2n) is 11.2. The monoisotopic (exact) mass is 611 g/mol. The van der Waals surface area contributed by atoms with Gasteiger partial charge in [0.1, 0.15) is 18.5 Å². The van der Waals surface area contributed by atoms with Gasteiger partial charge in [-0.05, 0) is 48.2 Å². The molecule has 1 atom stereocenters. The molecule has 5 rings (SSSR count). The summed E-state index contributed by atoms with van der Waals surface area (Å²) < 4.78 is 5.09. The van der Waals surface area contributed by atoms with Crippen molar-refractivity contribution >= 4 is 34.9 Å². The Morgan fingerprint density at radius 2 is 1.60 bits per heavy atom. The minimum Gasteiger partial charge on any atom is -0.480 e. The maximum atomic E-state index is 13.6. The maximum absolute atomic E-state index is 13.6.